The van der Waals surface area contributed by atoms with Gasteiger partial charge in [-0.3, -0.25) is 56.6 Å². The molecule has 0 spiro atoms. The number of phenolic OH excluding ortho intramolecular Hbond substituents is 1. The predicted octanol–water partition coefficient (Wildman–Crippen LogP) is 1.01. The van der Waals surface area contributed by atoms with Gasteiger partial charge < -0.3 is 65.5 Å². The molecule has 0 radical (unpaired) electrons. The van der Waals surface area contributed by atoms with E-state index < -0.39 is 56.7 Å². The zero-order chi connectivity index (χ0) is 55.6. The number of nitrogen functional groups attached to an aromatic ring is 2. The molecule has 404 valence electrons. The van der Waals surface area contributed by atoms with Crippen LogP contribution in [0, 0.1) is 0 Å². The number of aliphatic carboxylic acids is 2. The molecule has 2 atom stereocenters. The number of benzene rings is 2. The van der Waals surface area contributed by atoms with Crippen molar-refractivity contribution in [2.24, 2.45) is 0 Å². The number of aromatic amines is 2. The quantitative estimate of drug-likeness (QED) is 0.0167. The normalized spacial score (nSPS) is 12.1. The number of nitrogens with one attached hydrogen (secondary N) is 2. The number of carboxylic acid groups (broad SMARTS) is 2. The standard InChI is InChI=1S/C20H24N5O10P.C9H8O3.C8H12N5O6P.C2H4O2.CH4O/c1-12(26)34-14-5-3-13(4-6-14)15(9-16(27)31-2)35-36(29,30)33-8-7-32-11-25-10-22-17-18(25)23-20(21)24-19(17)28;10-8-4-1-7(2-5-8)3-6-9(11)12;9-8-11-6-5(7(14)12-8)10-3-13(6)4-18-1-2-19-20(15,16)17;1-2(3)4;1-2/h3-6,10,15H,7-9,11H2,1-2H3,(H,29,30)(H3,21,23,24,28);1-6,10H,(H,11,12);3H,1-2,4H2,(H2,15,16,17)(H3,9,11,12,14);1H3,(H,3,4);2H,1H3/b;6-3+;;;. The summed E-state index contributed by atoms with van der Waals surface area (Å²) in [6.07, 6.45) is 3.62. The lowest BCUT2D eigenvalue weighted by Gasteiger charge is -2.20. The van der Waals surface area contributed by atoms with Gasteiger partial charge in [-0.2, -0.15) is 9.97 Å². The van der Waals surface area contributed by atoms with Crippen molar-refractivity contribution in [3.63, 3.8) is 0 Å². The first-order chi connectivity index (χ1) is 34.9. The van der Waals surface area contributed by atoms with Crippen molar-refractivity contribution < 1.29 is 95.9 Å². The molecule has 0 saturated heterocycles. The van der Waals surface area contributed by atoms with Gasteiger partial charge in [0.1, 0.15) is 31.1 Å². The molecular formula is C40H52N10O22P2. The second-order valence-corrected chi connectivity index (χ2v) is 16.3. The largest absolute Gasteiger partial charge is 0.508 e. The Hall–Kier alpha value is -7.74. The van der Waals surface area contributed by atoms with Gasteiger partial charge in [0, 0.05) is 27.0 Å². The molecule has 2 unspecified atom stereocenters. The predicted molar refractivity (Wildman–Crippen MR) is 255 cm³/mol. The number of ether oxygens (including phenoxy) is 4. The molecule has 0 bridgehead atoms. The van der Waals surface area contributed by atoms with Gasteiger partial charge >= 0.3 is 33.6 Å². The number of aliphatic hydroxyl groups is 1. The lowest BCUT2D eigenvalue weighted by molar-refractivity contribution is -0.143. The summed E-state index contributed by atoms with van der Waals surface area (Å²) in [4.78, 5) is 113. The summed E-state index contributed by atoms with van der Waals surface area (Å²) in [5, 5.41) is 31.6. The number of carboxylic acids is 2. The van der Waals surface area contributed by atoms with E-state index in [0.29, 0.717) is 5.56 Å². The van der Waals surface area contributed by atoms with Crippen LogP contribution in [0.3, 0.4) is 0 Å². The average Bonchev–Trinajstić information content (AvgIpc) is 3.93. The summed E-state index contributed by atoms with van der Waals surface area (Å²) in [5.41, 5.74) is 11.7. The molecule has 4 aromatic heterocycles. The summed E-state index contributed by atoms with van der Waals surface area (Å²) in [7, 11) is -6.96. The Labute approximate surface area is 416 Å². The molecule has 2 aromatic carbocycles. The summed E-state index contributed by atoms with van der Waals surface area (Å²) in [5.74, 6) is -2.74. The molecule has 34 heteroatoms. The fourth-order valence-electron chi connectivity index (χ4n) is 5.19. The fraction of sp³-hybridized carbons (Fsp3) is 0.300. The Morgan fingerprint density at radius 3 is 1.66 bits per heavy atom. The van der Waals surface area contributed by atoms with E-state index >= 15 is 0 Å². The first-order valence-corrected chi connectivity index (χ1v) is 23.5. The van der Waals surface area contributed by atoms with Crippen LogP contribution >= 0.6 is 15.6 Å². The number of nitrogens with zero attached hydrogens (tertiary/aromatic N) is 6. The number of H-pyrrole nitrogens is 2. The molecule has 0 aliphatic rings. The van der Waals surface area contributed by atoms with E-state index in [1.165, 1.54) is 78.3 Å². The first-order valence-electron chi connectivity index (χ1n) is 20.5. The van der Waals surface area contributed by atoms with E-state index in [4.69, 9.17) is 69.7 Å². The second kappa shape index (κ2) is 31.0. The third kappa shape index (κ3) is 23.7. The summed E-state index contributed by atoms with van der Waals surface area (Å²) < 4.78 is 60.2. The third-order valence-corrected chi connectivity index (χ3v) is 9.63. The molecule has 6 rings (SSSR count). The number of methoxy groups -OCH3 is 1. The number of fused-ring (bicyclic) bond motifs is 2. The molecular weight excluding hydrogens is 1030 g/mol. The van der Waals surface area contributed by atoms with Gasteiger partial charge in [-0.25, -0.2) is 23.9 Å². The lowest BCUT2D eigenvalue weighted by atomic mass is 10.1. The van der Waals surface area contributed by atoms with Gasteiger partial charge in [0.2, 0.25) is 11.9 Å². The molecule has 0 aliphatic heterocycles. The van der Waals surface area contributed by atoms with Crippen molar-refractivity contribution in [1.29, 1.82) is 0 Å². The SMILES string of the molecule is CC(=O)O.CO.COC(=O)CC(OP(=O)(O)OCCOCn1cnc2c(=O)[nH]c(N)nc21)c1ccc(OC(C)=O)cc1.Nc1nc2c(ncn2COCCOP(=O)(O)O)c(=O)[nH]1.O=C(O)/C=C/c1ccc(O)cc1. The highest BCUT2D eigenvalue weighted by Crippen LogP contribution is 2.49. The highest BCUT2D eigenvalue weighted by Gasteiger charge is 2.30. The van der Waals surface area contributed by atoms with Gasteiger partial charge in [0.05, 0.1) is 52.6 Å². The van der Waals surface area contributed by atoms with Crippen molar-refractivity contribution in [3.05, 3.63) is 99.1 Å². The number of phosphoric ester groups is 2. The van der Waals surface area contributed by atoms with Crippen LogP contribution in [0.15, 0.2) is 76.9 Å². The highest BCUT2D eigenvalue weighted by atomic mass is 31.2. The maximum atomic E-state index is 12.5. The highest BCUT2D eigenvalue weighted by molar-refractivity contribution is 7.47. The van der Waals surface area contributed by atoms with E-state index in [1.807, 2.05) is 0 Å². The van der Waals surface area contributed by atoms with Crippen LogP contribution in [0.4, 0.5) is 11.9 Å². The number of phosphoric acid groups is 2. The topological polar surface area (TPSA) is 488 Å². The Morgan fingerprint density at radius 1 is 0.757 bits per heavy atom. The minimum absolute atomic E-state index is 0.0170. The van der Waals surface area contributed by atoms with Crippen LogP contribution in [0.2, 0.25) is 0 Å². The molecule has 0 fully saturated rings. The number of carbonyl (C=O) groups is 4. The Morgan fingerprint density at radius 2 is 1.23 bits per heavy atom. The van der Waals surface area contributed by atoms with Crippen LogP contribution < -0.4 is 27.3 Å². The van der Waals surface area contributed by atoms with Gasteiger partial charge in [0.15, 0.2) is 22.3 Å². The van der Waals surface area contributed by atoms with E-state index in [-0.39, 0.29) is 92.0 Å². The van der Waals surface area contributed by atoms with Crippen molar-refractivity contribution in [2.75, 3.05) is 52.1 Å². The number of hydrogen-bond acceptors (Lipinski definition) is 23. The molecule has 4 heterocycles. The van der Waals surface area contributed by atoms with Crippen LogP contribution in [-0.2, 0) is 69.6 Å². The van der Waals surface area contributed by atoms with Gasteiger partial charge in [-0.05, 0) is 41.5 Å². The summed E-state index contributed by atoms with van der Waals surface area (Å²) in [6, 6.07) is 12.1. The number of rotatable bonds is 20. The van der Waals surface area contributed by atoms with Crippen LogP contribution in [0.1, 0.15) is 37.5 Å². The molecule has 13 N–H and O–H groups in total. The van der Waals surface area contributed by atoms with E-state index in [2.05, 4.69) is 39.2 Å². The number of hydrogen-bond donors (Lipinski definition) is 11. The zero-order valence-electron chi connectivity index (χ0n) is 39.4. The smallest absolute Gasteiger partial charge is 0.472 e. The number of phenols is 1. The Balaban J connectivity index is 0.000000410. The maximum absolute atomic E-state index is 12.5. The zero-order valence-corrected chi connectivity index (χ0v) is 41.2. The number of carbonyl (C=O) groups excluding carboxylic acids is 2. The van der Waals surface area contributed by atoms with E-state index in [9.17, 15) is 38.0 Å². The van der Waals surface area contributed by atoms with Crippen molar-refractivity contribution >= 4 is 79.8 Å². The van der Waals surface area contributed by atoms with E-state index in [1.54, 1.807) is 12.1 Å². The first kappa shape index (κ1) is 62.4. The maximum Gasteiger partial charge on any atom is 0.472 e. The third-order valence-electron chi connectivity index (χ3n) is 8.08. The molecule has 74 heavy (non-hydrogen) atoms. The fourth-order valence-corrected chi connectivity index (χ4v) is 6.39. The van der Waals surface area contributed by atoms with Gasteiger partial charge in [0.25, 0.3) is 17.1 Å². The number of nitrogens with two attached hydrogens (primary N) is 2. The number of imidazole rings is 2. The minimum Gasteiger partial charge on any atom is -0.508 e. The number of aromatic hydroxyl groups is 1. The summed E-state index contributed by atoms with van der Waals surface area (Å²) in [6.45, 7) is 1.42. The van der Waals surface area contributed by atoms with Gasteiger partial charge in [-0.1, -0.05) is 24.3 Å². The summed E-state index contributed by atoms with van der Waals surface area (Å²) >= 11 is 0. The van der Waals surface area contributed by atoms with Crippen LogP contribution in [0.25, 0.3) is 28.4 Å². The second-order valence-electron chi connectivity index (χ2n) is 13.7. The Kier molecular flexibility index (Phi) is 26.1. The molecule has 0 aliphatic carbocycles. The van der Waals surface area contributed by atoms with Crippen LogP contribution in [-0.4, -0.2) is 139 Å². The number of anilines is 2. The monoisotopic (exact) mass is 1090 g/mol. The molecule has 0 saturated carbocycles. The van der Waals surface area contributed by atoms with Gasteiger partial charge in [-0.15, -0.1) is 0 Å². The minimum atomic E-state index is -4.63. The number of aromatic nitrogens is 8. The Bertz CT molecular complexity index is 3010. The van der Waals surface area contributed by atoms with Crippen LogP contribution in [0.5, 0.6) is 11.5 Å². The van der Waals surface area contributed by atoms with Crippen molar-refractivity contribution in [2.45, 2.75) is 39.8 Å². The molecule has 6 aromatic rings. The lowest BCUT2D eigenvalue weighted by Crippen LogP contribution is -2.14. The number of esters is 2. The molecule has 0 amide bonds. The number of aliphatic hydroxyl groups excluding tert-OH is 1. The van der Waals surface area contributed by atoms with Crippen molar-refractivity contribution in [3.8, 4) is 11.5 Å². The molecule has 32 nitrogen and oxygen atoms in total. The van der Waals surface area contributed by atoms with Crippen molar-refractivity contribution in [1.82, 2.24) is 39.0 Å². The van der Waals surface area contributed by atoms with E-state index in [0.717, 1.165) is 25.7 Å². The average molecular weight is 1090 g/mol.